The maximum atomic E-state index is 12.3. The average molecular weight is 278 g/mol. The lowest BCUT2D eigenvalue weighted by Gasteiger charge is -2.21. The zero-order valence-electron chi connectivity index (χ0n) is 9.63. The number of nitrogens with zero attached hydrogens (tertiary/aromatic N) is 3. The molecule has 0 N–H and O–H groups in total. The van der Waals surface area contributed by atoms with Crippen LogP contribution < -0.4 is 0 Å². The highest BCUT2D eigenvalue weighted by Crippen LogP contribution is 2.30. The standard InChI is InChI=1S/C11H11ClF3N3/c1-10(7-16,3-2-4-12)8-5-17-9(18-6-8)11(13,14)15/h5-6H,2-4H2,1H3. The Bertz CT molecular complexity index is 438. The number of hydrogen-bond acceptors (Lipinski definition) is 3. The smallest absolute Gasteiger partial charge is 0.233 e. The molecule has 98 valence electrons. The van der Waals surface area contributed by atoms with Crippen LogP contribution in [-0.2, 0) is 11.6 Å². The van der Waals surface area contributed by atoms with E-state index in [9.17, 15) is 13.2 Å². The summed E-state index contributed by atoms with van der Waals surface area (Å²) in [5.41, 5.74) is -0.554. The van der Waals surface area contributed by atoms with Crippen molar-refractivity contribution in [3.63, 3.8) is 0 Å². The Kier molecular flexibility index (Phi) is 4.52. The van der Waals surface area contributed by atoms with Crippen molar-refractivity contribution in [3.8, 4) is 6.07 Å². The van der Waals surface area contributed by atoms with Crippen molar-refractivity contribution >= 4 is 11.6 Å². The summed E-state index contributed by atoms with van der Waals surface area (Å²) in [5.74, 6) is -0.817. The van der Waals surface area contributed by atoms with Crippen molar-refractivity contribution in [1.82, 2.24) is 9.97 Å². The molecule has 0 spiro atoms. The van der Waals surface area contributed by atoms with E-state index in [0.29, 0.717) is 24.3 Å². The Morgan fingerprint density at radius 2 is 1.89 bits per heavy atom. The van der Waals surface area contributed by atoms with Crippen LogP contribution in [0, 0.1) is 11.3 Å². The van der Waals surface area contributed by atoms with Gasteiger partial charge in [-0.1, -0.05) is 0 Å². The summed E-state index contributed by atoms with van der Waals surface area (Å²) in [7, 11) is 0. The molecule has 0 saturated heterocycles. The van der Waals surface area contributed by atoms with Gasteiger partial charge < -0.3 is 0 Å². The van der Waals surface area contributed by atoms with E-state index in [-0.39, 0.29) is 0 Å². The zero-order chi connectivity index (χ0) is 13.8. The minimum atomic E-state index is -4.57. The molecule has 0 aliphatic carbocycles. The van der Waals surface area contributed by atoms with Gasteiger partial charge in [-0.3, -0.25) is 0 Å². The molecular weight excluding hydrogens is 267 g/mol. The second-order valence-corrected chi connectivity index (χ2v) is 4.41. The van der Waals surface area contributed by atoms with Gasteiger partial charge in [-0.05, 0) is 19.8 Å². The molecule has 3 nitrogen and oxygen atoms in total. The summed E-state index contributed by atoms with van der Waals surface area (Å²) < 4.78 is 36.9. The molecule has 0 aliphatic rings. The summed E-state index contributed by atoms with van der Waals surface area (Å²) in [5, 5.41) is 9.12. The van der Waals surface area contributed by atoms with Gasteiger partial charge in [0.25, 0.3) is 0 Å². The largest absolute Gasteiger partial charge is 0.451 e. The minimum Gasteiger partial charge on any atom is -0.233 e. The van der Waals surface area contributed by atoms with E-state index in [1.807, 2.05) is 0 Å². The summed E-state index contributed by atoms with van der Waals surface area (Å²) in [4.78, 5) is 6.50. The van der Waals surface area contributed by atoms with Gasteiger partial charge in [-0.15, -0.1) is 11.6 Å². The maximum absolute atomic E-state index is 12.3. The molecule has 0 fully saturated rings. The molecule has 0 aliphatic heterocycles. The lowest BCUT2D eigenvalue weighted by molar-refractivity contribution is -0.145. The number of rotatable bonds is 4. The van der Waals surface area contributed by atoms with E-state index in [0.717, 1.165) is 12.4 Å². The molecule has 0 saturated carbocycles. The van der Waals surface area contributed by atoms with Crippen LogP contribution in [0.2, 0.25) is 0 Å². The second kappa shape index (κ2) is 5.53. The first kappa shape index (κ1) is 14.7. The van der Waals surface area contributed by atoms with Crippen molar-refractivity contribution in [3.05, 3.63) is 23.8 Å². The van der Waals surface area contributed by atoms with E-state index in [4.69, 9.17) is 16.9 Å². The zero-order valence-corrected chi connectivity index (χ0v) is 10.4. The maximum Gasteiger partial charge on any atom is 0.451 e. The van der Waals surface area contributed by atoms with Gasteiger partial charge in [-0.2, -0.15) is 18.4 Å². The van der Waals surface area contributed by atoms with Crippen LogP contribution in [0.4, 0.5) is 13.2 Å². The van der Waals surface area contributed by atoms with E-state index in [1.165, 1.54) is 0 Å². The third-order valence-corrected chi connectivity index (χ3v) is 2.87. The Hall–Kier alpha value is -1.35. The summed E-state index contributed by atoms with van der Waals surface area (Å²) in [6.45, 7) is 1.63. The minimum absolute atomic E-state index is 0.364. The normalized spacial score (nSPS) is 14.9. The van der Waals surface area contributed by atoms with Gasteiger partial charge in [0.2, 0.25) is 5.82 Å². The fraction of sp³-hybridized carbons (Fsp3) is 0.545. The summed E-state index contributed by atoms with van der Waals surface area (Å²) >= 11 is 5.55. The van der Waals surface area contributed by atoms with Crippen LogP contribution in [0.5, 0.6) is 0 Å². The highest BCUT2D eigenvalue weighted by molar-refractivity contribution is 6.17. The number of alkyl halides is 4. The van der Waals surface area contributed by atoms with Crippen LogP contribution in [0.25, 0.3) is 0 Å². The lowest BCUT2D eigenvalue weighted by atomic mass is 9.81. The molecule has 0 bridgehead atoms. The van der Waals surface area contributed by atoms with E-state index in [1.54, 1.807) is 6.92 Å². The Labute approximate surface area is 108 Å². The first-order chi connectivity index (χ1) is 8.33. The molecule has 1 aromatic rings. The van der Waals surface area contributed by atoms with Crippen LogP contribution in [0.1, 0.15) is 31.2 Å². The number of aromatic nitrogens is 2. The first-order valence-electron chi connectivity index (χ1n) is 5.20. The third-order valence-electron chi connectivity index (χ3n) is 2.60. The molecule has 0 radical (unpaired) electrons. The predicted molar refractivity (Wildman–Crippen MR) is 60.0 cm³/mol. The highest BCUT2D eigenvalue weighted by Gasteiger charge is 2.35. The van der Waals surface area contributed by atoms with Gasteiger partial charge >= 0.3 is 6.18 Å². The Balaban J connectivity index is 3.00. The molecule has 0 aromatic carbocycles. The molecule has 7 heteroatoms. The van der Waals surface area contributed by atoms with Gasteiger partial charge in [0.15, 0.2) is 0 Å². The Morgan fingerprint density at radius 3 is 2.28 bits per heavy atom. The monoisotopic (exact) mass is 277 g/mol. The lowest BCUT2D eigenvalue weighted by Crippen LogP contribution is -2.21. The average Bonchev–Trinajstić information content (AvgIpc) is 2.35. The summed E-state index contributed by atoms with van der Waals surface area (Å²) in [6, 6.07) is 2.07. The molecule has 1 heterocycles. The van der Waals surface area contributed by atoms with Crippen molar-refractivity contribution in [2.75, 3.05) is 5.88 Å². The van der Waals surface area contributed by atoms with Gasteiger partial charge in [0.1, 0.15) is 0 Å². The number of hydrogen-bond donors (Lipinski definition) is 0. The van der Waals surface area contributed by atoms with Crippen molar-refractivity contribution in [2.24, 2.45) is 0 Å². The topological polar surface area (TPSA) is 49.6 Å². The van der Waals surface area contributed by atoms with Crippen LogP contribution in [-0.4, -0.2) is 15.8 Å². The predicted octanol–water partition coefficient (Wildman–Crippen LogP) is 3.30. The molecular formula is C11H11ClF3N3. The van der Waals surface area contributed by atoms with Gasteiger partial charge in [0.05, 0.1) is 11.5 Å². The molecule has 0 amide bonds. The molecule has 18 heavy (non-hydrogen) atoms. The van der Waals surface area contributed by atoms with Gasteiger partial charge in [-0.25, -0.2) is 9.97 Å². The number of nitriles is 1. The molecule has 1 rings (SSSR count). The molecule has 1 atom stereocenters. The van der Waals surface area contributed by atoms with Crippen molar-refractivity contribution in [1.29, 1.82) is 5.26 Å². The van der Waals surface area contributed by atoms with E-state index < -0.39 is 17.4 Å². The highest BCUT2D eigenvalue weighted by atomic mass is 35.5. The fourth-order valence-corrected chi connectivity index (χ4v) is 1.58. The van der Waals surface area contributed by atoms with Crippen LogP contribution >= 0.6 is 11.6 Å². The van der Waals surface area contributed by atoms with Gasteiger partial charge in [0, 0.05) is 23.8 Å². The van der Waals surface area contributed by atoms with E-state index in [2.05, 4.69) is 16.0 Å². The SMILES string of the molecule is CC(C#N)(CCCCl)c1cnc(C(F)(F)F)nc1. The van der Waals surface area contributed by atoms with Crippen molar-refractivity contribution < 1.29 is 13.2 Å². The van der Waals surface area contributed by atoms with Crippen molar-refractivity contribution in [2.45, 2.75) is 31.4 Å². The fourth-order valence-electron chi connectivity index (χ4n) is 1.44. The van der Waals surface area contributed by atoms with Crippen LogP contribution in [0.15, 0.2) is 12.4 Å². The third kappa shape index (κ3) is 3.33. The number of halogens is 4. The second-order valence-electron chi connectivity index (χ2n) is 4.03. The summed E-state index contributed by atoms with van der Waals surface area (Å²) in [6.07, 6.45) is -1.44. The molecule has 1 aromatic heterocycles. The molecule has 1 unspecified atom stereocenters. The first-order valence-corrected chi connectivity index (χ1v) is 5.74. The Morgan fingerprint density at radius 1 is 1.33 bits per heavy atom. The van der Waals surface area contributed by atoms with E-state index >= 15 is 0 Å². The van der Waals surface area contributed by atoms with Crippen LogP contribution in [0.3, 0.4) is 0 Å². The quantitative estimate of drug-likeness (QED) is 0.794.